The second-order valence-electron chi connectivity index (χ2n) is 6.81. The molecule has 0 aliphatic rings. The van der Waals surface area contributed by atoms with Gasteiger partial charge in [-0.2, -0.15) is 0 Å². The van der Waals surface area contributed by atoms with E-state index in [-0.39, 0.29) is 0 Å². The molecule has 0 atom stereocenters. The van der Waals surface area contributed by atoms with Gasteiger partial charge in [-0.25, -0.2) is 0 Å². The van der Waals surface area contributed by atoms with E-state index >= 15 is 0 Å². The summed E-state index contributed by atoms with van der Waals surface area (Å²) in [5.74, 6) is 2.32. The van der Waals surface area contributed by atoms with E-state index in [1.54, 1.807) is 18.0 Å². The van der Waals surface area contributed by atoms with Crippen molar-refractivity contribution in [1.82, 2.24) is 19.7 Å². The molecular formula is C21H26N4OS. The fraction of sp³-hybridized carbons (Fsp3) is 0.381. The van der Waals surface area contributed by atoms with Crippen molar-refractivity contribution in [3.05, 3.63) is 54.4 Å². The zero-order valence-corrected chi connectivity index (χ0v) is 16.9. The minimum absolute atomic E-state index is 0.670. The molecule has 6 heteroatoms. The van der Waals surface area contributed by atoms with Crippen molar-refractivity contribution in [2.75, 3.05) is 19.0 Å². The first-order valence-electron chi connectivity index (χ1n) is 9.29. The molecule has 0 fully saturated rings. The average molecular weight is 383 g/mol. The predicted molar refractivity (Wildman–Crippen MR) is 110 cm³/mol. The molecule has 0 amide bonds. The molecule has 0 aliphatic carbocycles. The van der Waals surface area contributed by atoms with Gasteiger partial charge in [-0.05, 0) is 43.0 Å². The Morgan fingerprint density at radius 1 is 1.07 bits per heavy atom. The maximum absolute atomic E-state index is 5.74. The standard InChI is InChI=1S/C21H26N4OS/c1-16(2)10-12-26-13-14-27-21-24-23-20(18-8-6-11-22-15-18)25(21)19-9-5-4-7-17(19)3/h4-9,11,15-16H,10,12-14H2,1-3H3. The van der Waals surface area contributed by atoms with Crippen molar-refractivity contribution >= 4 is 11.8 Å². The van der Waals surface area contributed by atoms with Crippen LogP contribution in [0, 0.1) is 12.8 Å². The largest absolute Gasteiger partial charge is 0.381 e. The first-order valence-corrected chi connectivity index (χ1v) is 10.3. The Morgan fingerprint density at radius 3 is 2.67 bits per heavy atom. The number of rotatable bonds is 9. The zero-order valence-electron chi connectivity index (χ0n) is 16.1. The lowest BCUT2D eigenvalue weighted by Crippen LogP contribution is -2.05. The molecule has 27 heavy (non-hydrogen) atoms. The number of aromatic nitrogens is 4. The summed E-state index contributed by atoms with van der Waals surface area (Å²) in [7, 11) is 0. The molecule has 2 aromatic heterocycles. The van der Waals surface area contributed by atoms with E-state index in [1.165, 1.54) is 5.56 Å². The molecule has 3 rings (SSSR count). The lowest BCUT2D eigenvalue weighted by molar-refractivity contribution is 0.138. The average Bonchev–Trinajstić information content (AvgIpc) is 3.09. The molecule has 0 bridgehead atoms. The van der Waals surface area contributed by atoms with Gasteiger partial charge in [0.1, 0.15) is 0 Å². The van der Waals surface area contributed by atoms with Crippen molar-refractivity contribution < 1.29 is 4.74 Å². The van der Waals surface area contributed by atoms with Crippen LogP contribution in [-0.2, 0) is 4.74 Å². The Morgan fingerprint density at radius 2 is 1.93 bits per heavy atom. The summed E-state index contributed by atoms with van der Waals surface area (Å²) in [5.41, 5.74) is 3.22. The van der Waals surface area contributed by atoms with Gasteiger partial charge in [0.25, 0.3) is 0 Å². The Labute approximate surface area is 165 Å². The first-order chi connectivity index (χ1) is 13.2. The molecule has 0 radical (unpaired) electrons. The third-order valence-corrected chi connectivity index (χ3v) is 5.10. The van der Waals surface area contributed by atoms with Crippen LogP contribution in [0.5, 0.6) is 0 Å². The maximum atomic E-state index is 5.74. The monoisotopic (exact) mass is 382 g/mol. The van der Waals surface area contributed by atoms with Crippen molar-refractivity contribution in [2.45, 2.75) is 32.3 Å². The third kappa shape index (κ3) is 5.17. The number of thioether (sulfide) groups is 1. The van der Waals surface area contributed by atoms with Crippen molar-refractivity contribution in [1.29, 1.82) is 0 Å². The minimum Gasteiger partial charge on any atom is -0.381 e. The minimum atomic E-state index is 0.670. The predicted octanol–water partition coefficient (Wildman–Crippen LogP) is 4.79. The second kappa shape index (κ2) is 9.67. The number of hydrogen-bond donors (Lipinski definition) is 0. The SMILES string of the molecule is Cc1ccccc1-n1c(SCCOCCC(C)C)nnc1-c1cccnc1. The Hall–Kier alpha value is -2.18. The van der Waals surface area contributed by atoms with Gasteiger partial charge >= 0.3 is 0 Å². The highest BCUT2D eigenvalue weighted by Crippen LogP contribution is 2.29. The Kier molecular flexibility index (Phi) is 7.01. The molecular weight excluding hydrogens is 356 g/mol. The molecule has 0 unspecified atom stereocenters. The summed E-state index contributed by atoms with van der Waals surface area (Å²) in [6.07, 6.45) is 4.68. The quantitative estimate of drug-likeness (QED) is 0.393. The topological polar surface area (TPSA) is 52.8 Å². The van der Waals surface area contributed by atoms with Crippen LogP contribution >= 0.6 is 11.8 Å². The van der Waals surface area contributed by atoms with E-state index < -0.39 is 0 Å². The second-order valence-corrected chi connectivity index (χ2v) is 7.88. The van der Waals surface area contributed by atoms with E-state index in [1.807, 2.05) is 30.5 Å². The lowest BCUT2D eigenvalue weighted by atomic mass is 10.1. The van der Waals surface area contributed by atoms with E-state index in [0.29, 0.717) is 12.5 Å². The molecule has 0 aliphatic heterocycles. The van der Waals surface area contributed by atoms with Crippen LogP contribution in [0.2, 0.25) is 0 Å². The van der Waals surface area contributed by atoms with Crippen molar-refractivity contribution in [3.8, 4) is 17.1 Å². The molecule has 2 heterocycles. The lowest BCUT2D eigenvalue weighted by Gasteiger charge is -2.13. The highest BCUT2D eigenvalue weighted by molar-refractivity contribution is 7.99. The van der Waals surface area contributed by atoms with Gasteiger partial charge in [-0.1, -0.05) is 43.8 Å². The van der Waals surface area contributed by atoms with Crippen molar-refractivity contribution in [3.63, 3.8) is 0 Å². The van der Waals surface area contributed by atoms with Crippen LogP contribution in [0.25, 0.3) is 17.1 Å². The van der Waals surface area contributed by atoms with Gasteiger partial charge in [0.2, 0.25) is 0 Å². The fourth-order valence-electron chi connectivity index (χ4n) is 2.69. The molecule has 142 valence electrons. The van der Waals surface area contributed by atoms with Gasteiger partial charge in [0.05, 0.1) is 12.3 Å². The molecule has 3 aromatic rings. The smallest absolute Gasteiger partial charge is 0.196 e. The number of nitrogens with zero attached hydrogens (tertiary/aromatic N) is 4. The van der Waals surface area contributed by atoms with Gasteiger partial charge in [0.15, 0.2) is 11.0 Å². The number of benzene rings is 1. The number of hydrogen-bond acceptors (Lipinski definition) is 5. The Bertz CT molecular complexity index is 848. The summed E-state index contributed by atoms with van der Waals surface area (Å²) in [5, 5.41) is 9.77. The summed E-state index contributed by atoms with van der Waals surface area (Å²) >= 11 is 1.67. The van der Waals surface area contributed by atoms with Crippen LogP contribution in [-0.4, -0.2) is 38.7 Å². The summed E-state index contributed by atoms with van der Waals surface area (Å²) in [6, 6.07) is 12.2. The van der Waals surface area contributed by atoms with Crippen LogP contribution in [0.15, 0.2) is 53.9 Å². The third-order valence-electron chi connectivity index (χ3n) is 4.21. The van der Waals surface area contributed by atoms with Gasteiger partial charge in [-0.3, -0.25) is 9.55 Å². The molecule has 1 aromatic carbocycles. The van der Waals surface area contributed by atoms with Crippen LogP contribution in [0.4, 0.5) is 0 Å². The number of pyridine rings is 1. The van der Waals surface area contributed by atoms with Gasteiger partial charge in [0, 0.05) is 30.3 Å². The van der Waals surface area contributed by atoms with E-state index in [0.717, 1.165) is 41.0 Å². The van der Waals surface area contributed by atoms with Crippen LogP contribution < -0.4 is 0 Å². The van der Waals surface area contributed by atoms with Gasteiger partial charge in [-0.15, -0.1) is 10.2 Å². The Balaban J connectivity index is 1.80. The van der Waals surface area contributed by atoms with Crippen LogP contribution in [0.3, 0.4) is 0 Å². The van der Waals surface area contributed by atoms with Crippen LogP contribution in [0.1, 0.15) is 25.8 Å². The number of ether oxygens (including phenoxy) is 1. The van der Waals surface area contributed by atoms with Crippen molar-refractivity contribution in [2.24, 2.45) is 5.92 Å². The highest BCUT2D eigenvalue weighted by Gasteiger charge is 2.17. The molecule has 0 saturated heterocycles. The first kappa shape index (κ1) is 19.6. The maximum Gasteiger partial charge on any atom is 0.196 e. The zero-order chi connectivity index (χ0) is 19.1. The summed E-state index contributed by atoms with van der Waals surface area (Å²) < 4.78 is 7.85. The highest BCUT2D eigenvalue weighted by atomic mass is 32.2. The van der Waals surface area contributed by atoms with E-state index in [4.69, 9.17) is 4.74 Å². The molecule has 5 nitrogen and oxygen atoms in total. The molecule has 0 saturated carbocycles. The normalized spacial score (nSPS) is 11.3. The summed E-state index contributed by atoms with van der Waals surface area (Å²) in [4.78, 5) is 4.23. The molecule has 0 N–H and O–H groups in total. The van der Waals surface area contributed by atoms with Gasteiger partial charge < -0.3 is 4.74 Å². The number of para-hydroxylation sites is 1. The fourth-order valence-corrected chi connectivity index (χ4v) is 3.49. The molecule has 0 spiro atoms. The van der Waals surface area contributed by atoms with E-state index in [2.05, 4.69) is 52.7 Å². The summed E-state index contributed by atoms with van der Waals surface area (Å²) in [6.45, 7) is 8.04. The van der Waals surface area contributed by atoms with E-state index in [9.17, 15) is 0 Å². The number of aryl methyl sites for hydroxylation is 1.